The smallest absolute Gasteiger partial charge is 0.320 e. The van der Waals surface area contributed by atoms with E-state index in [-0.39, 0.29) is 6.03 Å². The van der Waals surface area contributed by atoms with Crippen molar-refractivity contribution in [3.8, 4) is 0 Å². The Balaban J connectivity index is 1.55. The average Bonchev–Trinajstić information content (AvgIpc) is 3.21. The summed E-state index contributed by atoms with van der Waals surface area (Å²) in [6, 6.07) is 5.39. The highest BCUT2D eigenvalue weighted by atomic mass is 16.2. The lowest BCUT2D eigenvalue weighted by molar-refractivity contribution is 0.206. The fraction of sp³-hybridized carbons (Fsp3) is 0.333. The van der Waals surface area contributed by atoms with Crippen molar-refractivity contribution in [2.75, 3.05) is 11.9 Å². The number of urea groups is 1. The van der Waals surface area contributed by atoms with E-state index >= 15 is 0 Å². The van der Waals surface area contributed by atoms with Crippen LogP contribution in [0.25, 0.3) is 11.0 Å². The quantitative estimate of drug-likeness (QED) is 0.672. The van der Waals surface area contributed by atoms with Gasteiger partial charge in [0.2, 0.25) is 0 Å². The van der Waals surface area contributed by atoms with Gasteiger partial charge in [-0.2, -0.15) is 20.5 Å². The molecule has 1 aromatic carbocycles. The van der Waals surface area contributed by atoms with E-state index in [2.05, 4.69) is 37.8 Å². The van der Waals surface area contributed by atoms with Crippen LogP contribution in [0.2, 0.25) is 0 Å². The minimum absolute atomic E-state index is 0.130. The lowest BCUT2D eigenvalue weighted by atomic mass is 10.0. The van der Waals surface area contributed by atoms with Gasteiger partial charge in [-0.25, -0.2) is 4.79 Å². The first-order valence-electron chi connectivity index (χ1n) is 7.66. The molecule has 0 aliphatic carbocycles. The molecule has 8 nitrogen and oxygen atoms in total. The fourth-order valence-electron chi connectivity index (χ4n) is 2.98. The summed E-state index contributed by atoms with van der Waals surface area (Å²) in [6.07, 6.45) is 1.66. The first kappa shape index (κ1) is 13.7. The van der Waals surface area contributed by atoms with Crippen molar-refractivity contribution < 1.29 is 4.79 Å². The summed E-state index contributed by atoms with van der Waals surface area (Å²) in [5.41, 5.74) is 5.38. The molecular formula is C15H17N7O. The van der Waals surface area contributed by atoms with Gasteiger partial charge < -0.3 is 10.2 Å². The average molecular weight is 311 g/mol. The molecule has 2 aromatic heterocycles. The molecule has 4 rings (SSSR count). The molecule has 8 heteroatoms. The Morgan fingerprint density at radius 1 is 1.35 bits per heavy atom. The Morgan fingerprint density at radius 3 is 3.13 bits per heavy atom. The third kappa shape index (κ3) is 2.32. The van der Waals surface area contributed by atoms with Gasteiger partial charge in [-0.1, -0.05) is 13.0 Å². The number of carbonyl (C=O) groups is 1. The number of hydrogen-bond acceptors (Lipinski definition) is 4. The highest BCUT2D eigenvalue weighted by Gasteiger charge is 2.25. The Kier molecular flexibility index (Phi) is 3.22. The number of H-pyrrole nitrogens is 2. The standard InChI is InChI=1S/C15H17N7O/c1-2-10-9-8-22(7-6-11(9)18-17-10)15(23)16-12-4-3-5-13-14(12)20-21-19-13/h3-5H,2,6-8H2,1H3,(H,16,23)(H,17,18)(H,19,20,21). The highest BCUT2D eigenvalue weighted by molar-refractivity contribution is 5.98. The zero-order chi connectivity index (χ0) is 15.8. The van der Waals surface area contributed by atoms with Gasteiger partial charge in [-0.3, -0.25) is 5.10 Å². The van der Waals surface area contributed by atoms with E-state index in [0.717, 1.165) is 35.3 Å². The van der Waals surface area contributed by atoms with E-state index in [1.54, 1.807) is 4.90 Å². The molecule has 2 amide bonds. The number of amides is 2. The number of benzene rings is 1. The molecule has 3 N–H and O–H groups in total. The molecule has 23 heavy (non-hydrogen) atoms. The summed E-state index contributed by atoms with van der Waals surface area (Å²) < 4.78 is 0. The zero-order valence-corrected chi connectivity index (χ0v) is 12.8. The lowest BCUT2D eigenvalue weighted by Gasteiger charge is -2.27. The number of fused-ring (bicyclic) bond motifs is 2. The van der Waals surface area contributed by atoms with Crippen LogP contribution in [0, 0.1) is 0 Å². The molecule has 0 radical (unpaired) electrons. The molecule has 0 saturated carbocycles. The second-order valence-corrected chi connectivity index (χ2v) is 5.58. The number of hydrogen-bond donors (Lipinski definition) is 3. The number of para-hydroxylation sites is 1. The molecule has 0 atom stereocenters. The van der Waals surface area contributed by atoms with Crippen molar-refractivity contribution in [2.24, 2.45) is 0 Å². The maximum Gasteiger partial charge on any atom is 0.322 e. The molecule has 0 saturated heterocycles. The molecule has 3 heterocycles. The SMILES string of the molecule is CCc1n[nH]c2c1CN(C(=O)Nc1cccc3n[nH]nc13)CC2. The molecule has 3 aromatic rings. The van der Waals surface area contributed by atoms with Crippen LogP contribution in [0.15, 0.2) is 18.2 Å². The Hall–Kier alpha value is -2.90. The number of anilines is 1. The van der Waals surface area contributed by atoms with Crippen LogP contribution in [-0.2, 0) is 19.4 Å². The lowest BCUT2D eigenvalue weighted by Crippen LogP contribution is -2.39. The third-order valence-electron chi connectivity index (χ3n) is 4.23. The number of aromatic nitrogens is 5. The summed E-state index contributed by atoms with van der Waals surface area (Å²) in [5.74, 6) is 0. The molecule has 0 unspecified atom stereocenters. The number of nitrogens with one attached hydrogen (secondary N) is 3. The van der Waals surface area contributed by atoms with Gasteiger partial charge >= 0.3 is 6.03 Å². The number of carbonyl (C=O) groups excluding carboxylic acids is 1. The van der Waals surface area contributed by atoms with Crippen LogP contribution in [0.1, 0.15) is 23.9 Å². The predicted octanol–water partition coefficient (Wildman–Crippen LogP) is 1.83. The fourth-order valence-corrected chi connectivity index (χ4v) is 2.98. The summed E-state index contributed by atoms with van der Waals surface area (Å²) in [6.45, 7) is 3.31. The predicted molar refractivity (Wildman–Crippen MR) is 85.0 cm³/mol. The van der Waals surface area contributed by atoms with Gasteiger partial charge in [-0.15, -0.1) is 0 Å². The van der Waals surface area contributed by atoms with Crippen LogP contribution in [-0.4, -0.2) is 43.1 Å². The highest BCUT2D eigenvalue weighted by Crippen LogP contribution is 2.23. The monoisotopic (exact) mass is 311 g/mol. The molecule has 0 fully saturated rings. The second-order valence-electron chi connectivity index (χ2n) is 5.58. The van der Waals surface area contributed by atoms with Crippen LogP contribution in [0.3, 0.4) is 0 Å². The largest absolute Gasteiger partial charge is 0.322 e. The normalized spacial score (nSPS) is 14.0. The molecule has 1 aliphatic heterocycles. The van der Waals surface area contributed by atoms with Crippen LogP contribution < -0.4 is 5.32 Å². The molecule has 0 spiro atoms. The number of aryl methyl sites for hydroxylation is 1. The summed E-state index contributed by atoms with van der Waals surface area (Å²) in [5, 5.41) is 21.0. The summed E-state index contributed by atoms with van der Waals surface area (Å²) >= 11 is 0. The maximum absolute atomic E-state index is 12.6. The van der Waals surface area contributed by atoms with Gasteiger partial charge in [-0.05, 0) is 18.6 Å². The van der Waals surface area contributed by atoms with Crippen molar-refractivity contribution in [3.63, 3.8) is 0 Å². The van der Waals surface area contributed by atoms with Crippen LogP contribution >= 0.6 is 0 Å². The van der Waals surface area contributed by atoms with Gasteiger partial charge in [0.15, 0.2) is 0 Å². The first-order valence-corrected chi connectivity index (χ1v) is 7.66. The minimum atomic E-state index is -0.130. The van der Waals surface area contributed by atoms with E-state index in [9.17, 15) is 4.79 Å². The minimum Gasteiger partial charge on any atom is -0.320 e. The van der Waals surface area contributed by atoms with Crippen molar-refractivity contribution in [1.29, 1.82) is 0 Å². The van der Waals surface area contributed by atoms with E-state index in [1.165, 1.54) is 0 Å². The first-order chi connectivity index (χ1) is 11.3. The number of rotatable bonds is 2. The number of nitrogens with zero attached hydrogens (tertiary/aromatic N) is 4. The Labute approximate surface area is 132 Å². The van der Waals surface area contributed by atoms with E-state index in [4.69, 9.17) is 0 Å². The maximum atomic E-state index is 12.6. The third-order valence-corrected chi connectivity index (χ3v) is 4.23. The zero-order valence-electron chi connectivity index (χ0n) is 12.8. The van der Waals surface area contributed by atoms with E-state index in [0.29, 0.717) is 24.3 Å². The van der Waals surface area contributed by atoms with Gasteiger partial charge in [0.25, 0.3) is 0 Å². The van der Waals surface area contributed by atoms with E-state index < -0.39 is 0 Å². The Bertz CT molecular complexity index is 852. The van der Waals surface area contributed by atoms with E-state index in [1.807, 2.05) is 18.2 Å². The van der Waals surface area contributed by atoms with Gasteiger partial charge in [0, 0.05) is 24.2 Å². The second kappa shape index (κ2) is 5.38. The van der Waals surface area contributed by atoms with Crippen molar-refractivity contribution in [1.82, 2.24) is 30.5 Å². The van der Waals surface area contributed by atoms with Gasteiger partial charge in [0.05, 0.1) is 17.9 Å². The summed E-state index contributed by atoms with van der Waals surface area (Å²) in [7, 11) is 0. The van der Waals surface area contributed by atoms with Crippen molar-refractivity contribution in [2.45, 2.75) is 26.3 Å². The topological polar surface area (TPSA) is 103 Å². The van der Waals surface area contributed by atoms with Crippen LogP contribution in [0.5, 0.6) is 0 Å². The number of aromatic amines is 2. The van der Waals surface area contributed by atoms with Crippen molar-refractivity contribution >= 4 is 22.8 Å². The van der Waals surface area contributed by atoms with Gasteiger partial charge in [0.1, 0.15) is 11.0 Å². The molecule has 118 valence electrons. The summed E-state index contributed by atoms with van der Waals surface area (Å²) in [4.78, 5) is 14.4. The molecule has 1 aliphatic rings. The molecule has 0 bridgehead atoms. The van der Waals surface area contributed by atoms with Crippen molar-refractivity contribution in [3.05, 3.63) is 35.2 Å². The Morgan fingerprint density at radius 2 is 2.26 bits per heavy atom. The van der Waals surface area contributed by atoms with Crippen LogP contribution in [0.4, 0.5) is 10.5 Å². The molecular weight excluding hydrogens is 294 g/mol.